The second-order valence-electron chi connectivity index (χ2n) is 8.00. The van der Waals surface area contributed by atoms with E-state index in [-0.39, 0.29) is 4.90 Å². The fourth-order valence-corrected chi connectivity index (χ4v) is 6.14. The van der Waals surface area contributed by atoms with Crippen LogP contribution in [-0.4, -0.2) is 50.9 Å². The highest BCUT2D eigenvalue weighted by Crippen LogP contribution is 2.33. The number of nitrogens with zero attached hydrogens (tertiary/aromatic N) is 2. The number of rotatable bonds is 7. The van der Waals surface area contributed by atoms with Crippen LogP contribution in [0.1, 0.15) is 35.2 Å². The SMILES string of the molecule is COc1ccc(-c2csc(NC(=O)c3cc(S(=O)(=O)N4CCCCC4)ccc3C)n2)cc1OC. The summed E-state index contributed by atoms with van der Waals surface area (Å²) in [6.07, 6.45) is 2.74. The molecule has 1 amide bonds. The van der Waals surface area contributed by atoms with Gasteiger partial charge >= 0.3 is 0 Å². The van der Waals surface area contributed by atoms with Crippen LogP contribution in [0.25, 0.3) is 11.3 Å². The number of anilines is 1. The van der Waals surface area contributed by atoms with E-state index in [1.165, 1.54) is 21.7 Å². The molecule has 0 saturated carbocycles. The van der Waals surface area contributed by atoms with Crippen LogP contribution in [0.5, 0.6) is 11.5 Å². The van der Waals surface area contributed by atoms with E-state index < -0.39 is 15.9 Å². The maximum Gasteiger partial charge on any atom is 0.257 e. The fraction of sp³-hybridized carbons (Fsp3) is 0.333. The van der Waals surface area contributed by atoms with E-state index in [1.807, 2.05) is 17.5 Å². The molecule has 0 radical (unpaired) electrons. The Morgan fingerprint density at radius 3 is 2.47 bits per heavy atom. The molecule has 2 heterocycles. The Morgan fingerprint density at radius 1 is 1.03 bits per heavy atom. The van der Waals surface area contributed by atoms with Gasteiger partial charge in [-0.05, 0) is 55.7 Å². The quantitative estimate of drug-likeness (QED) is 0.510. The van der Waals surface area contributed by atoms with Crippen LogP contribution in [0, 0.1) is 6.92 Å². The van der Waals surface area contributed by atoms with Gasteiger partial charge < -0.3 is 9.47 Å². The van der Waals surface area contributed by atoms with E-state index in [2.05, 4.69) is 10.3 Å². The summed E-state index contributed by atoms with van der Waals surface area (Å²) in [5.41, 5.74) is 2.49. The molecule has 0 bridgehead atoms. The van der Waals surface area contributed by atoms with Gasteiger partial charge in [-0.15, -0.1) is 11.3 Å². The Morgan fingerprint density at radius 2 is 1.76 bits per heavy atom. The van der Waals surface area contributed by atoms with Gasteiger partial charge in [-0.1, -0.05) is 12.5 Å². The van der Waals surface area contributed by atoms with Crippen molar-refractivity contribution in [2.24, 2.45) is 0 Å². The van der Waals surface area contributed by atoms with Crippen LogP contribution in [0.4, 0.5) is 5.13 Å². The lowest BCUT2D eigenvalue weighted by molar-refractivity contribution is 0.102. The predicted octanol–water partition coefficient (Wildman–Crippen LogP) is 4.56. The summed E-state index contributed by atoms with van der Waals surface area (Å²) in [5.74, 6) is 0.798. The van der Waals surface area contributed by atoms with E-state index in [4.69, 9.17) is 9.47 Å². The van der Waals surface area contributed by atoms with E-state index in [9.17, 15) is 13.2 Å². The number of thiazole rings is 1. The maximum atomic E-state index is 13.1. The van der Waals surface area contributed by atoms with Crippen molar-refractivity contribution < 1.29 is 22.7 Å². The first-order chi connectivity index (χ1) is 16.3. The second kappa shape index (κ2) is 10.1. The minimum absolute atomic E-state index is 0.135. The number of hydrogen-bond donors (Lipinski definition) is 1. The lowest BCUT2D eigenvalue weighted by atomic mass is 10.1. The smallest absolute Gasteiger partial charge is 0.257 e. The minimum atomic E-state index is -3.63. The number of amides is 1. The van der Waals surface area contributed by atoms with Crippen LogP contribution < -0.4 is 14.8 Å². The molecule has 2 aromatic carbocycles. The topological polar surface area (TPSA) is 97.8 Å². The van der Waals surface area contributed by atoms with Crippen molar-refractivity contribution in [3.05, 3.63) is 52.9 Å². The summed E-state index contributed by atoms with van der Waals surface area (Å²) in [5, 5.41) is 5.05. The average Bonchev–Trinajstić information content (AvgIpc) is 3.32. The molecule has 0 spiro atoms. The van der Waals surface area contributed by atoms with Crippen molar-refractivity contribution in [2.45, 2.75) is 31.1 Å². The number of aryl methyl sites for hydroxylation is 1. The molecule has 1 saturated heterocycles. The van der Waals surface area contributed by atoms with Gasteiger partial charge in [0.05, 0.1) is 24.8 Å². The zero-order valence-electron chi connectivity index (χ0n) is 19.3. The van der Waals surface area contributed by atoms with Crippen LogP contribution in [0.2, 0.25) is 0 Å². The summed E-state index contributed by atoms with van der Waals surface area (Å²) in [7, 11) is -0.496. The molecule has 10 heteroatoms. The zero-order valence-corrected chi connectivity index (χ0v) is 21.0. The average molecular weight is 502 g/mol. The molecule has 3 aromatic rings. The molecule has 1 aliphatic rings. The van der Waals surface area contributed by atoms with Gasteiger partial charge in [0.1, 0.15) is 0 Å². The first kappa shape index (κ1) is 24.2. The van der Waals surface area contributed by atoms with Gasteiger partial charge in [0.2, 0.25) is 10.0 Å². The molecule has 0 atom stereocenters. The molecular formula is C24H27N3O5S2. The van der Waals surface area contributed by atoms with Gasteiger partial charge in [0, 0.05) is 29.6 Å². The summed E-state index contributed by atoms with van der Waals surface area (Å²) >= 11 is 1.29. The summed E-state index contributed by atoms with van der Waals surface area (Å²) in [4.78, 5) is 17.7. The Hall–Kier alpha value is -2.95. The maximum absolute atomic E-state index is 13.1. The summed E-state index contributed by atoms with van der Waals surface area (Å²) in [6, 6.07) is 10.2. The Balaban J connectivity index is 1.55. The molecule has 34 heavy (non-hydrogen) atoms. The van der Waals surface area contributed by atoms with Gasteiger partial charge in [0.15, 0.2) is 16.6 Å². The molecular weight excluding hydrogens is 474 g/mol. The van der Waals surface area contributed by atoms with Crippen LogP contribution in [-0.2, 0) is 10.0 Å². The zero-order chi connectivity index (χ0) is 24.3. The van der Waals surface area contributed by atoms with Gasteiger partial charge in [-0.3, -0.25) is 10.1 Å². The van der Waals surface area contributed by atoms with Crippen molar-refractivity contribution in [3.8, 4) is 22.8 Å². The fourth-order valence-electron chi connectivity index (χ4n) is 3.88. The molecule has 1 aromatic heterocycles. The van der Waals surface area contributed by atoms with Crippen molar-refractivity contribution in [2.75, 3.05) is 32.6 Å². The third kappa shape index (κ3) is 4.94. The molecule has 1 fully saturated rings. The van der Waals surface area contributed by atoms with Gasteiger partial charge in [-0.2, -0.15) is 4.31 Å². The minimum Gasteiger partial charge on any atom is -0.493 e. The normalized spacial score (nSPS) is 14.6. The number of piperidine rings is 1. The Bertz CT molecular complexity index is 1300. The highest BCUT2D eigenvalue weighted by atomic mass is 32.2. The van der Waals surface area contributed by atoms with E-state index in [1.54, 1.807) is 39.3 Å². The highest BCUT2D eigenvalue weighted by Gasteiger charge is 2.27. The number of carbonyl (C=O) groups is 1. The molecule has 0 aliphatic carbocycles. The number of methoxy groups -OCH3 is 2. The predicted molar refractivity (Wildman–Crippen MR) is 132 cm³/mol. The third-order valence-corrected chi connectivity index (χ3v) is 8.46. The lowest BCUT2D eigenvalue weighted by Gasteiger charge is -2.26. The van der Waals surface area contributed by atoms with Gasteiger partial charge in [-0.25, -0.2) is 13.4 Å². The first-order valence-electron chi connectivity index (χ1n) is 10.9. The molecule has 180 valence electrons. The summed E-state index contributed by atoms with van der Waals surface area (Å²) < 4.78 is 38.2. The monoisotopic (exact) mass is 501 g/mol. The largest absolute Gasteiger partial charge is 0.493 e. The first-order valence-corrected chi connectivity index (χ1v) is 13.3. The van der Waals surface area contributed by atoms with Crippen molar-refractivity contribution in [3.63, 3.8) is 0 Å². The molecule has 8 nitrogen and oxygen atoms in total. The molecule has 4 rings (SSSR count). The van der Waals surface area contributed by atoms with Crippen LogP contribution in [0.3, 0.4) is 0 Å². The van der Waals surface area contributed by atoms with Crippen molar-refractivity contribution >= 4 is 32.4 Å². The molecule has 1 N–H and O–H groups in total. The second-order valence-corrected chi connectivity index (χ2v) is 10.8. The van der Waals surface area contributed by atoms with E-state index in [0.717, 1.165) is 24.8 Å². The number of sulfonamides is 1. The van der Waals surface area contributed by atoms with Gasteiger partial charge in [0.25, 0.3) is 5.91 Å². The van der Waals surface area contributed by atoms with E-state index >= 15 is 0 Å². The standard InChI is InChI=1S/C24H27N3O5S2/c1-16-7-9-18(34(29,30)27-11-5-4-6-12-27)14-19(16)23(28)26-24-25-20(15-33-24)17-8-10-21(31-2)22(13-17)32-3/h7-10,13-15H,4-6,11-12H2,1-3H3,(H,25,26,28). The molecule has 1 aliphatic heterocycles. The van der Waals surface area contributed by atoms with Crippen molar-refractivity contribution in [1.82, 2.24) is 9.29 Å². The lowest BCUT2D eigenvalue weighted by Crippen LogP contribution is -2.35. The number of carbonyl (C=O) groups excluding carboxylic acids is 1. The van der Waals surface area contributed by atoms with Crippen molar-refractivity contribution in [1.29, 1.82) is 0 Å². The van der Waals surface area contributed by atoms with Crippen LogP contribution >= 0.6 is 11.3 Å². The number of nitrogens with one attached hydrogen (secondary N) is 1. The Kier molecular flexibility index (Phi) is 7.20. The van der Waals surface area contributed by atoms with E-state index in [0.29, 0.717) is 46.5 Å². The highest BCUT2D eigenvalue weighted by molar-refractivity contribution is 7.89. The molecule has 0 unspecified atom stereocenters. The number of hydrogen-bond acceptors (Lipinski definition) is 7. The number of aromatic nitrogens is 1. The Labute approximate surface area is 203 Å². The summed E-state index contributed by atoms with van der Waals surface area (Å²) in [6.45, 7) is 2.80. The number of ether oxygens (including phenoxy) is 2. The van der Waals surface area contributed by atoms with Crippen LogP contribution in [0.15, 0.2) is 46.7 Å². The third-order valence-electron chi connectivity index (χ3n) is 5.81. The number of benzene rings is 2.